The number of aliphatic imine (C=N–C) groups is 1. The average molecular weight is 485 g/mol. The first-order valence-electron chi connectivity index (χ1n) is 10.0. The first-order chi connectivity index (χ1) is 15.6. The Labute approximate surface area is 197 Å². The van der Waals surface area contributed by atoms with Crippen molar-refractivity contribution in [1.82, 2.24) is 9.55 Å². The van der Waals surface area contributed by atoms with Crippen LogP contribution in [-0.4, -0.2) is 26.3 Å². The SMILES string of the molecule is CC(N)=C(C(=Nc1nc2c(s1)SC(C)c1c-2cc(C)c(=O)n1C)C(=O)O)c1cccc(F)c1. The number of carbonyl (C=O) groups is 1. The zero-order chi connectivity index (χ0) is 24.0. The molecule has 0 saturated heterocycles. The van der Waals surface area contributed by atoms with Crippen molar-refractivity contribution < 1.29 is 14.3 Å². The number of benzene rings is 1. The van der Waals surface area contributed by atoms with Crippen molar-refractivity contribution in [3.63, 3.8) is 0 Å². The van der Waals surface area contributed by atoms with Gasteiger partial charge in [0.05, 0.1) is 9.90 Å². The molecule has 0 radical (unpaired) electrons. The van der Waals surface area contributed by atoms with Gasteiger partial charge in [-0.1, -0.05) is 23.5 Å². The minimum absolute atomic E-state index is 0.0102. The molecule has 0 saturated carbocycles. The number of rotatable bonds is 4. The number of carboxylic acids is 1. The summed E-state index contributed by atoms with van der Waals surface area (Å²) in [5.41, 5.74) is 9.23. The van der Waals surface area contributed by atoms with E-state index in [4.69, 9.17) is 5.73 Å². The lowest BCUT2D eigenvalue weighted by molar-refractivity contribution is -0.129. The molecule has 1 aliphatic rings. The third kappa shape index (κ3) is 4.11. The molecule has 1 aromatic carbocycles. The first-order valence-corrected chi connectivity index (χ1v) is 11.7. The molecule has 1 aliphatic heterocycles. The molecule has 7 nitrogen and oxygen atoms in total. The average Bonchev–Trinajstić information content (AvgIpc) is 3.13. The molecule has 3 aromatic rings. The zero-order valence-electron chi connectivity index (χ0n) is 18.3. The van der Waals surface area contributed by atoms with Crippen LogP contribution in [0.5, 0.6) is 0 Å². The van der Waals surface area contributed by atoms with Gasteiger partial charge < -0.3 is 15.4 Å². The second-order valence-electron chi connectivity index (χ2n) is 7.72. The predicted molar refractivity (Wildman–Crippen MR) is 130 cm³/mol. The molecule has 10 heteroatoms. The molecule has 0 aliphatic carbocycles. The zero-order valence-corrected chi connectivity index (χ0v) is 20.0. The summed E-state index contributed by atoms with van der Waals surface area (Å²) in [5.74, 6) is -1.81. The Morgan fingerprint density at radius 1 is 1.33 bits per heavy atom. The van der Waals surface area contributed by atoms with Crippen molar-refractivity contribution in [3.05, 3.63) is 69.0 Å². The highest BCUT2D eigenvalue weighted by molar-refractivity contribution is 8.01. The molecule has 0 bridgehead atoms. The topological polar surface area (TPSA) is 111 Å². The normalized spacial score (nSPS) is 16.2. The molecule has 1 unspecified atom stereocenters. The molecule has 0 fully saturated rings. The Morgan fingerprint density at radius 2 is 2.06 bits per heavy atom. The van der Waals surface area contributed by atoms with Gasteiger partial charge in [0.25, 0.3) is 5.56 Å². The van der Waals surface area contributed by atoms with Gasteiger partial charge in [0.15, 0.2) is 5.71 Å². The third-order valence-electron chi connectivity index (χ3n) is 5.30. The van der Waals surface area contributed by atoms with Crippen molar-refractivity contribution in [2.45, 2.75) is 30.2 Å². The van der Waals surface area contributed by atoms with Crippen molar-refractivity contribution in [2.75, 3.05) is 0 Å². The fourth-order valence-electron chi connectivity index (χ4n) is 3.90. The van der Waals surface area contributed by atoms with Gasteiger partial charge in [0, 0.05) is 40.4 Å². The summed E-state index contributed by atoms with van der Waals surface area (Å²) in [4.78, 5) is 33.5. The minimum Gasteiger partial charge on any atom is -0.476 e. The molecule has 0 spiro atoms. The monoisotopic (exact) mass is 484 g/mol. The van der Waals surface area contributed by atoms with Gasteiger partial charge in [-0.3, -0.25) is 4.79 Å². The van der Waals surface area contributed by atoms with Crippen molar-refractivity contribution >= 4 is 45.5 Å². The van der Waals surface area contributed by atoms with Gasteiger partial charge in [0.2, 0.25) is 5.13 Å². The van der Waals surface area contributed by atoms with Crippen molar-refractivity contribution in [2.24, 2.45) is 17.8 Å². The molecule has 0 amide bonds. The van der Waals surface area contributed by atoms with E-state index in [0.29, 0.717) is 16.8 Å². The summed E-state index contributed by atoms with van der Waals surface area (Å²) in [6.07, 6.45) is 0. The Hall–Kier alpha value is -3.24. The van der Waals surface area contributed by atoms with Crippen molar-refractivity contribution in [1.29, 1.82) is 0 Å². The highest BCUT2D eigenvalue weighted by Crippen LogP contribution is 2.52. The molecule has 4 rings (SSSR count). The number of carboxylic acid groups (broad SMARTS) is 1. The van der Waals surface area contributed by atoms with E-state index in [1.165, 1.54) is 29.5 Å². The van der Waals surface area contributed by atoms with Crippen LogP contribution in [0.3, 0.4) is 0 Å². The maximum atomic E-state index is 13.8. The van der Waals surface area contributed by atoms with E-state index in [0.717, 1.165) is 15.5 Å². The van der Waals surface area contributed by atoms with Crippen LogP contribution < -0.4 is 11.3 Å². The number of allylic oxidation sites excluding steroid dienone is 1. The number of nitrogens with zero attached hydrogens (tertiary/aromatic N) is 3. The predicted octanol–water partition coefficient (Wildman–Crippen LogP) is 4.67. The van der Waals surface area contributed by atoms with Crippen LogP contribution >= 0.6 is 23.1 Å². The molecule has 2 aromatic heterocycles. The first kappa shape index (κ1) is 22.9. The number of halogens is 1. The lowest BCUT2D eigenvalue weighted by atomic mass is 9.99. The third-order valence-corrected chi connectivity index (χ3v) is 7.57. The largest absolute Gasteiger partial charge is 0.476 e. The number of aryl methyl sites for hydroxylation is 1. The van der Waals surface area contributed by atoms with Crippen LogP contribution in [0.2, 0.25) is 0 Å². The van der Waals surface area contributed by atoms with E-state index in [-0.39, 0.29) is 32.9 Å². The highest BCUT2D eigenvalue weighted by atomic mass is 32.2. The van der Waals surface area contributed by atoms with Gasteiger partial charge >= 0.3 is 5.97 Å². The number of hydrogen-bond donors (Lipinski definition) is 2. The van der Waals surface area contributed by atoms with Crippen LogP contribution in [0.4, 0.5) is 9.52 Å². The standard InChI is InChI=1S/C23H21FN4O3S2/c1-10-8-15-17-22(32-12(3)19(15)28(4)20(10)29)33-23(26-17)27-18(21(30)31)16(11(2)25)13-6-5-7-14(24)9-13/h5-9,12H,25H2,1-4H3,(H,30,31). The number of aliphatic carboxylic acids is 1. The maximum absolute atomic E-state index is 13.8. The lowest BCUT2D eigenvalue weighted by Gasteiger charge is -2.24. The van der Waals surface area contributed by atoms with E-state index in [1.807, 2.05) is 13.0 Å². The van der Waals surface area contributed by atoms with Crippen LogP contribution in [0, 0.1) is 12.7 Å². The number of fused-ring (bicyclic) bond motifs is 3. The van der Waals surface area contributed by atoms with Gasteiger partial charge in [-0.2, -0.15) is 0 Å². The molecule has 1 atom stereocenters. The number of hydrogen-bond acceptors (Lipinski definition) is 7. The van der Waals surface area contributed by atoms with Crippen LogP contribution in [0.15, 0.2) is 50.0 Å². The highest BCUT2D eigenvalue weighted by Gasteiger charge is 2.30. The van der Waals surface area contributed by atoms with Gasteiger partial charge in [0.1, 0.15) is 5.82 Å². The van der Waals surface area contributed by atoms with Crippen LogP contribution in [-0.2, 0) is 11.8 Å². The van der Waals surface area contributed by atoms with Gasteiger partial charge in [-0.05, 0) is 44.5 Å². The fourth-order valence-corrected chi connectivity index (χ4v) is 6.43. The summed E-state index contributed by atoms with van der Waals surface area (Å²) in [7, 11) is 1.74. The number of pyridine rings is 1. The van der Waals surface area contributed by atoms with Gasteiger partial charge in [-0.15, -0.1) is 11.8 Å². The summed E-state index contributed by atoms with van der Waals surface area (Å²) in [6.45, 7) is 5.31. The second-order valence-corrected chi connectivity index (χ2v) is 10.3. The minimum atomic E-state index is -1.30. The Bertz CT molecular complexity index is 1420. The summed E-state index contributed by atoms with van der Waals surface area (Å²) in [5, 5.41) is 10.2. The molecule has 170 valence electrons. The molecule has 33 heavy (non-hydrogen) atoms. The Kier molecular flexibility index (Phi) is 5.98. The second kappa shape index (κ2) is 8.60. The maximum Gasteiger partial charge on any atom is 0.355 e. The number of thiazole rings is 1. The molecule has 3 N–H and O–H groups in total. The Balaban J connectivity index is 1.88. The quantitative estimate of drug-likeness (QED) is 0.521. The fraction of sp³-hybridized carbons (Fsp3) is 0.217. The lowest BCUT2D eigenvalue weighted by Crippen LogP contribution is -2.25. The number of aromatic nitrogens is 2. The van der Waals surface area contributed by atoms with E-state index in [1.54, 1.807) is 43.3 Å². The van der Waals surface area contributed by atoms with Gasteiger partial charge in [-0.25, -0.2) is 19.2 Å². The summed E-state index contributed by atoms with van der Waals surface area (Å²) in [6, 6.07) is 7.37. The number of thioether (sulfide) groups is 1. The summed E-state index contributed by atoms with van der Waals surface area (Å²) < 4.78 is 16.3. The van der Waals surface area contributed by atoms with Crippen molar-refractivity contribution in [3.8, 4) is 11.3 Å². The van der Waals surface area contributed by atoms with E-state index in [2.05, 4.69) is 9.98 Å². The van der Waals surface area contributed by atoms with Crippen LogP contribution in [0.25, 0.3) is 16.8 Å². The van der Waals surface area contributed by atoms with E-state index in [9.17, 15) is 19.1 Å². The number of nitrogens with two attached hydrogens (primary N) is 1. The summed E-state index contributed by atoms with van der Waals surface area (Å²) >= 11 is 2.81. The van der Waals surface area contributed by atoms with Crippen LogP contribution in [0.1, 0.15) is 35.9 Å². The van der Waals surface area contributed by atoms with E-state index < -0.39 is 11.8 Å². The Morgan fingerprint density at radius 3 is 2.70 bits per heavy atom. The smallest absolute Gasteiger partial charge is 0.355 e. The molecule has 3 heterocycles. The molecular weight excluding hydrogens is 463 g/mol. The van der Waals surface area contributed by atoms with E-state index >= 15 is 0 Å². The molecular formula is C23H21FN4O3S2.